The molecule has 1 N–H and O–H groups in total. The zero-order valence-corrected chi connectivity index (χ0v) is 9.38. The summed E-state index contributed by atoms with van der Waals surface area (Å²) < 4.78 is 2.64. The van der Waals surface area contributed by atoms with Crippen LogP contribution in [0.15, 0.2) is 35.6 Å². The lowest BCUT2D eigenvalue weighted by molar-refractivity contribution is -0.137. The van der Waals surface area contributed by atoms with E-state index in [2.05, 4.69) is 6.58 Å². The van der Waals surface area contributed by atoms with Gasteiger partial charge in [-0.1, -0.05) is 18.7 Å². The van der Waals surface area contributed by atoms with E-state index in [0.717, 1.165) is 0 Å². The highest BCUT2D eigenvalue weighted by molar-refractivity contribution is 5.81. The van der Waals surface area contributed by atoms with Crippen molar-refractivity contribution in [1.29, 1.82) is 0 Å². The summed E-state index contributed by atoms with van der Waals surface area (Å²) in [5.41, 5.74) is 1.46. The SMILES string of the molecule is C=C(C)n1c(=O)n(CC(=O)O)c2ccccc21. The van der Waals surface area contributed by atoms with E-state index >= 15 is 0 Å². The number of carbonyl (C=O) groups is 1. The molecule has 5 nitrogen and oxygen atoms in total. The van der Waals surface area contributed by atoms with Crippen molar-refractivity contribution in [2.45, 2.75) is 13.5 Å². The van der Waals surface area contributed by atoms with Gasteiger partial charge in [-0.15, -0.1) is 0 Å². The number of allylic oxidation sites excluding steroid dienone is 1. The highest BCUT2D eigenvalue weighted by atomic mass is 16.4. The van der Waals surface area contributed by atoms with Gasteiger partial charge < -0.3 is 5.11 Å². The summed E-state index contributed by atoms with van der Waals surface area (Å²) in [6.07, 6.45) is 0. The largest absolute Gasteiger partial charge is 0.480 e. The molecule has 0 saturated heterocycles. The molecule has 0 aliphatic rings. The van der Waals surface area contributed by atoms with Crippen LogP contribution in [0.3, 0.4) is 0 Å². The molecule has 0 unspecified atom stereocenters. The summed E-state index contributed by atoms with van der Waals surface area (Å²) in [6, 6.07) is 7.05. The molecule has 0 amide bonds. The average molecular weight is 232 g/mol. The number of aliphatic carboxylic acids is 1. The van der Waals surface area contributed by atoms with Crippen LogP contribution in [0.25, 0.3) is 16.7 Å². The first-order valence-corrected chi connectivity index (χ1v) is 5.10. The minimum absolute atomic E-state index is 0.348. The predicted octanol–water partition coefficient (Wildman–Crippen LogP) is 1.38. The number of rotatable bonds is 3. The third-order valence-corrected chi connectivity index (χ3v) is 2.51. The number of fused-ring (bicyclic) bond motifs is 1. The molecule has 0 spiro atoms. The number of benzene rings is 1. The van der Waals surface area contributed by atoms with Gasteiger partial charge in [0.15, 0.2) is 0 Å². The number of hydrogen-bond acceptors (Lipinski definition) is 2. The van der Waals surface area contributed by atoms with Crippen LogP contribution >= 0.6 is 0 Å². The maximum Gasteiger partial charge on any atom is 0.333 e. The summed E-state index contributed by atoms with van der Waals surface area (Å²) in [5.74, 6) is -1.04. The Bertz CT molecular complexity index is 664. The van der Waals surface area contributed by atoms with Crippen molar-refractivity contribution in [3.63, 3.8) is 0 Å². The molecule has 2 rings (SSSR count). The van der Waals surface area contributed by atoms with Gasteiger partial charge in [-0.2, -0.15) is 0 Å². The molecule has 0 saturated carbocycles. The number of carboxylic acids is 1. The third-order valence-electron chi connectivity index (χ3n) is 2.51. The zero-order chi connectivity index (χ0) is 12.6. The first-order valence-electron chi connectivity index (χ1n) is 5.10. The van der Waals surface area contributed by atoms with Crippen molar-refractivity contribution >= 4 is 22.7 Å². The Balaban J connectivity index is 2.84. The molecule has 1 aromatic heterocycles. The van der Waals surface area contributed by atoms with Gasteiger partial charge in [0.2, 0.25) is 0 Å². The molecule has 0 aliphatic heterocycles. The maximum atomic E-state index is 12.1. The lowest BCUT2D eigenvalue weighted by atomic mass is 10.3. The van der Waals surface area contributed by atoms with E-state index < -0.39 is 5.97 Å². The van der Waals surface area contributed by atoms with Crippen LogP contribution in [0.1, 0.15) is 6.92 Å². The van der Waals surface area contributed by atoms with Crippen molar-refractivity contribution < 1.29 is 9.90 Å². The fourth-order valence-electron chi connectivity index (χ4n) is 1.87. The molecule has 0 radical (unpaired) electrons. The van der Waals surface area contributed by atoms with Crippen LogP contribution in [-0.4, -0.2) is 20.2 Å². The molecule has 2 aromatic rings. The lowest BCUT2D eigenvalue weighted by Crippen LogP contribution is -2.26. The van der Waals surface area contributed by atoms with Crippen molar-refractivity contribution in [2.24, 2.45) is 0 Å². The number of imidazole rings is 1. The van der Waals surface area contributed by atoms with Crippen molar-refractivity contribution in [2.75, 3.05) is 0 Å². The van der Waals surface area contributed by atoms with E-state index in [-0.39, 0.29) is 12.2 Å². The average Bonchev–Trinajstić information content (AvgIpc) is 2.52. The van der Waals surface area contributed by atoms with Gasteiger partial charge in [-0.05, 0) is 19.1 Å². The van der Waals surface area contributed by atoms with Crippen LogP contribution in [0, 0.1) is 0 Å². The van der Waals surface area contributed by atoms with Crippen LogP contribution in [0.5, 0.6) is 0 Å². The van der Waals surface area contributed by atoms with E-state index in [9.17, 15) is 9.59 Å². The molecule has 5 heteroatoms. The van der Waals surface area contributed by atoms with E-state index in [1.165, 1.54) is 9.13 Å². The summed E-state index contributed by atoms with van der Waals surface area (Å²) in [4.78, 5) is 22.8. The number of carboxylic acid groups (broad SMARTS) is 1. The van der Waals surface area contributed by atoms with Gasteiger partial charge in [-0.25, -0.2) is 4.79 Å². The lowest BCUT2D eigenvalue weighted by Gasteiger charge is -1.99. The third kappa shape index (κ3) is 1.75. The standard InChI is InChI=1S/C12H12N2O3/c1-8(2)14-10-6-4-3-5-9(10)13(12(14)17)7-11(15)16/h3-6H,1,7H2,2H3,(H,15,16). The molecule has 0 atom stereocenters. The maximum absolute atomic E-state index is 12.1. The van der Waals surface area contributed by atoms with Gasteiger partial charge in [-0.3, -0.25) is 13.9 Å². The first-order chi connectivity index (χ1) is 8.02. The Labute approximate surface area is 97.2 Å². The molecule has 17 heavy (non-hydrogen) atoms. The number of aromatic nitrogens is 2. The van der Waals surface area contributed by atoms with E-state index in [4.69, 9.17) is 5.11 Å². The van der Waals surface area contributed by atoms with Gasteiger partial charge in [0.05, 0.1) is 11.0 Å². The van der Waals surface area contributed by atoms with Gasteiger partial charge in [0.1, 0.15) is 6.54 Å². The van der Waals surface area contributed by atoms with Gasteiger partial charge in [0, 0.05) is 5.70 Å². The normalized spacial score (nSPS) is 10.6. The Kier molecular flexibility index (Phi) is 2.59. The van der Waals surface area contributed by atoms with Crippen molar-refractivity contribution in [3.05, 3.63) is 41.3 Å². The fourth-order valence-corrected chi connectivity index (χ4v) is 1.87. The zero-order valence-electron chi connectivity index (χ0n) is 9.38. The Morgan fingerprint density at radius 2 is 1.94 bits per heavy atom. The molecular weight excluding hydrogens is 220 g/mol. The molecule has 0 aliphatic carbocycles. The molecule has 0 fully saturated rings. The Hall–Kier alpha value is -2.30. The topological polar surface area (TPSA) is 64.2 Å². The second kappa shape index (κ2) is 3.93. The summed E-state index contributed by atoms with van der Waals surface area (Å²) >= 11 is 0. The number of para-hydroxylation sites is 2. The van der Waals surface area contributed by atoms with Crippen molar-refractivity contribution in [3.8, 4) is 0 Å². The fraction of sp³-hybridized carbons (Fsp3) is 0.167. The molecule has 1 heterocycles. The molecule has 1 aromatic carbocycles. The van der Waals surface area contributed by atoms with Crippen LogP contribution in [0.4, 0.5) is 0 Å². The van der Waals surface area contributed by atoms with Gasteiger partial charge in [0.25, 0.3) is 0 Å². The second-order valence-electron chi connectivity index (χ2n) is 3.82. The van der Waals surface area contributed by atoms with E-state index in [1.807, 2.05) is 0 Å². The monoisotopic (exact) mass is 232 g/mol. The highest BCUT2D eigenvalue weighted by Crippen LogP contribution is 2.15. The second-order valence-corrected chi connectivity index (χ2v) is 3.82. The predicted molar refractivity (Wildman–Crippen MR) is 64.8 cm³/mol. The van der Waals surface area contributed by atoms with Crippen molar-refractivity contribution in [1.82, 2.24) is 9.13 Å². The Morgan fingerprint density at radius 3 is 2.47 bits per heavy atom. The van der Waals surface area contributed by atoms with Gasteiger partial charge >= 0.3 is 11.7 Å². The van der Waals surface area contributed by atoms with Crippen LogP contribution < -0.4 is 5.69 Å². The molecular formula is C12H12N2O3. The minimum Gasteiger partial charge on any atom is -0.480 e. The minimum atomic E-state index is -1.04. The molecule has 0 bridgehead atoms. The Morgan fingerprint density at radius 1 is 1.35 bits per heavy atom. The smallest absolute Gasteiger partial charge is 0.333 e. The number of nitrogens with zero attached hydrogens (tertiary/aromatic N) is 2. The first kappa shape index (κ1) is 11.2. The summed E-state index contributed by atoms with van der Waals surface area (Å²) in [7, 11) is 0. The summed E-state index contributed by atoms with van der Waals surface area (Å²) in [5, 5.41) is 8.81. The van der Waals surface area contributed by atoms with Crippen LogP contribution in [-0.2, 0) is 11.3 Å². The van der Waals surface area contributed by atoms with Crippen LogP contribution in [0.2, 0.25) is 0 Å². The number of hydrogen-bond donors (Lipinski definition) is 1. The van der Waals surface area contributed by atoms with E-state index in [0.29, 0.717) is 16.7 Å². The molecule has 88 valence electrons. The summed E-state index contributed by atoms with van der Waals surface area (Å²) in [6.45, 7) is 5.09. The highest BCUT2D eigenvalue weighted by Gasteiger charge is 2.14. The van der Waals surface area contributed by atoms with E-state index in [1.54, 1.807) is 31.2 Å². The quantitative estimate of drug-likeness (QED) is 0.869.